The van der Waals surface area contributed by atoms with Gasteiger partial charge in [0.05, 0.1) is 12.5 Å². The molecule has 0 spiro atoms. The van der Waals surface area contributed by atoms with Gasteiger partial charge in [0.15, 0.2) is 0 Å². The van der Waals surface area contributed by atoms with Crippen LogP contribution >= 0.6 is 0 Å². The smallest absolute Gasteiger partial charge is 0.0920 e. The highest BCUT2D eigenvalue weighted by molar-refractivity contribution is 4.85. The summed E-state index contributed by atoms with van der Waals surface area (Å²) in [5.41, 5.74) is 0. The van der Waals surface area contributed by atoms with Crippen molar-refractivity contribution < 1.29 is 0 Å². The molecule has 0 aromatic carbocycles. The Morgan fingerprint density at radius 3 is 2.50 bits per heavy atom. The summed E-state index contributed by atoms with van der Waals surface area (Å²) < 4.78 is 0. The van der Waals surface area contributed by atoms with E-state index in [9.17, 15) is 0 Å². The molecule has 0 bridgehead atoms. The number of hydrogen-bond donors (Lipinski definition) is 2. The first-order valence-electron chi connectivity index (χ1n) is 3.78. The van der Waals surface area contributed by atoms with Crippen LogP contribution in [0.2, 0.25) is 0 Å². The Morgan fingerprint density at radius 2 is 2.08 bits per heavy atom. The predicted molar refractivity (Wildman–Crippen MR) is 51.9 cm³/mol. The Bertz CT molecular complexity index is 155. The molecule has 0 saturated carbocycles. The van der Waals surface area contributed by atoms with Crippen molar-refractivity contribution in [1.82, 2.24) is 20.7 Å². The molecule has 0 aromatic heterocycles. The molecule has 0 aliphatic heterocycles. The molecule has 4 nitrogen and oxygen atoms in total. The van der Waals surface area contributed by atoms with E-state index in [1.54, 1.807) is 6.20 Å². The molecular weight excluding hydrogens is 152 g/mol. The molecule has 0 unspecified atom stereocenters. The fourth-order valence-corrected chi connectivity index (χ4v) is 0.549. The monoisotopic (exact) mass is 170 g/mol. The van der Waals surface area contributed by atoms with Gasteiger partial charge in [-0.25, -0.2) is 5.01 Å². The molecule has 0 rings (SSSR count). The van der Waals surface area contributed by atoms with E-state index in [2.05, 4.69) is 23.8 Å². The molecule has 2 N–H and O–H groups in total. The highest BCUT2D eigenvalue weighted by Gasteiger charge is 1.98. The van der Waals surface area contributed by atoms with Crippen LogP contribution < -0.4 is 10.6 Å². The molecule has 0 fully saturated rings. The molecule has 0 amide bonds. The average Bonchev–Trinajstić information content (AvgIpc) is 2.11. The van der Waals surface area contributed by atoms with Crippen molar-refractivity contribution in [2.24, 2.45) is 0 Å². The van der Waals surface area contributed by atoms with E-state index in [-0.39, 0.29) is 0 Å². The maximum atomic E-state index is 3.74. The highest BCUT2D eigenvalue weighted by atomic mass is 15.6. The van der Waals surface area contributed by atoms with Crippen molar-refractivity contribution >= 4 is 0 Å². The van der Waals surface area contributed by atoms with Gasteiger partial charge in [0.2, 0.25) is 0 Å². The van der Waals surface area contributed by atoms with Crippen molar-refractivity contribution in [3.63, 3.8) is 0 Å². The van der Waals surface area contributed by atoms with Crippen molar-refractivity contribution in [2.75, 3.05) is 27.8 Å². The summed E-state index contributed by atoms with van der Waals surface area (Å²) in [7, 11) is 5.71. The third-order valence-corrected chi connectivity index (χ3v) is 1.63. The zero-order valence-corrected chi connectivity index (χ0v) is 8.09. The van der Waals surface area contributed by atoms with Crippen LogP contribution in [0.25, 0.3) is 0 Å². The standard InChI is InChI=1S/C8H18N4/c1-6-11(4)12(5)7-10-8(2)9-3/h6,9-10H,1-2,7H2,3-5H3. The Morgan fingerprint density at radius 1 is 1.50 bits per heavy atom. The number of hydrogen-bond acceptors (Lipinski definition) is 4. The van der Waals surface area contributed by atoms with E-state index in [1.807, 2.05) is 31.2 Å². The van der Waals surface area contributed by atoms with Crippen molar-refractivity contribution in [1.29, 1.82) is 0 Å². The lowest BCUT2D eigenvalue weighted by Crippen LogP contribution is -2.40. The third-order valence-electron chi connectivity index (χ3n) is 1.63. The first-order chi connectivity index (χ1) is 5.61. The zero-order chi connectivity index (χ0) is 9.56. The molecule has 0 radical (unpaired) electrons. The van der Waals surface area contributed by atoms with Crippen molar-refractivity contribution in [3.05, 3.63) is 25.2 Å². The quantitative estimate of drug-likeness (QED) is 0.439. The number of hydrazine groups is 1. The second kappa shape index (κ2) is 5.49. The van der Waals surface area contributed by atoms with Crippen LogP contribution in [-0.4, -0.2) is 37.8 Å². The normalized spacial score (nSPS) is 9.33. The van der Waals surface area contributed by atoms with Gasteiger partial charge in [-0.1, -0.05) is 13.2 Å². The topological polar surface area (TPSA) is 30.5 Å². The van der Waals surface area contributed by atoms with Gasteiger partial charge in [-0.3, -0.25) is 0 Å². The van der Waals surface area contributed by atoms with Crippen molar-refractivity contribution in [3.8, 4) is 0 Å². The van der Waals surface area contributed by atoms with Crippen molar-refractivity contribution in [2.45, 2.75) is 0 Å². The lowest BCUT2D eigenvalue weighted by molar-refractivity contribution is 0.0737. The summed E-state index contributed by atoms with van der Waals surface area (Å²) in [5, 5.41) is 9.83. The minimum Gasteiger partial charge on any atom is -0.375 e. The zero-order valence-electron chi connectivity index (χ0n) is 8.09. The van der Waals surface area contributed by atoms with Crippen LogP contribution in [0.1, 0.15) is 0 Å². The fraction of sp³-hybridized carbons (Fsp3) is 0.500. The van der Waals surface area contributed by atoms with E-state index < -0.39 is 0 Å². The molecule has 0 aliphatic carbocycles. The van der Waals surface area contributed by atoms with Crippen LogP contribution in [0.5, 0.6) is 0 Å². The Kier molecular flexibility index (Phi) is 4.96. The first kappa shape index (κ1) is 10.8. The molecule has 0 aromatic rings. The molecule has 0 atom stereocenters. The number of nitrogens with one attached hydrogen (secondary N) is 2. The van der Waals surface area contributed by atoms with Gasteiger partial charge in [-0.2, -0.15) is 0 Å². The van der Waals surface area contributed by atoms with E-state index in [0.29, 0.717) is 6.67 Å². The second-order valence-electron chi connectivity index (χ2n) is 2.48. The van der Waals surface area contributed by atoms with Gasteiger partial charge in [0, 0.05) is 27.3 Å². The summed E-state index contributed by atoms with van der Waals surface area (Å²) in [6, 6.07) is 0. The predicted octanol–water partition coefficient (Wildman–Crippen LogP) is 0.146. The molecule has 70 valence electrons. The van der Waals surface area contributed by atoms with E-state index in [1.165, 1.54) is 0 Å². The molecule has 0 aliphatic rings. The van der Waals surface area contributed by atoms with Gasteiger partial charge < -0.3 is 15.6 Å². The van der Waals surface area contributed by atoms with Gasteiger partial charge in [-0.15, -0.1) is 0 Å². The second-order valence-corrected chi connectivity index (χ2v) is 2.48. The summed E-state index contributed by atoms with van der Waals surface area (Å²) in [6.45, 7) is 8.08. The van der Waals surface area contributed by atoms with Gasteiger partial charge >= 0.3 is 0 Å². The minimum absolute atomic E-state index is 0.697. The maximum absolute atomic E-state index is 3.74. The van der Waals surface area contributed by atoms with Crippen LogP contribution in [-0.2, 0) is 0 Å². The SMILES string of the molecule is C=CN(C)N(C)CNC(=C)NC. The van der Waals surface area contributed by atoms with Gasteiger partial charge in [0.25, 0.3) is 0 Å². The van der Waals surface area contributed by atoms with E-state index in [0.717, 1.165) is 5.82 Å². The van der Waals surface area contributed by atoms with Crippen LogP contribution in [0.15, 0.2) is 25.2 Å². The largest absolute Gasteiger partial charge is 0.375 e. The fourth-order valence-electron chi connectivity index (χ4n) is 0.549. The maximum Gasteiger partial charge on any atom is 0.0920 e. The molecular formula is C8H18N4. The van der Waals surface area contributed by atoms with E-state index in [4.69, 9.17) is 0 Å². The lowest BCUT2D eigenvalue weighted by atomic mass is 10.7. The average molecular weight is 170 g/mol. The third kappa shape index (κ3) is 3.88. The Hall–Kier alpha value is -1.16. The van der Waals surface area contributed by atoms with Gasteiger partial charge in [0.1, 0.15) is 0 Å². The van der Waals surface area contributed by atoms with Crippen LogP contribution in [0, 0.1) is 0 Å². The Labute approximate surface area is 74.5 Å². The van der Waals surface area contributed by atoms with Crippen LogP contribution in [0.3, 0.4) is 0 Å². The Balaban J connectivity index is 3.63. The summed E-state index contributed by atoms with van der Waals surface area (Å²) in [4.78, 5) is 0. The number of nitrogens with zero attached hydrogens (tertiary/aromatic N) is 2. The van der Waals surface area contributed by atoms with E-state index >= 15 is 0 Å². The van der Waals surface area contributed by atoms with Gasteiger partial charge in [-0.05, 0) is 0 Å². The molecule has 0 saturated heterocycles. The number of rotatable bonds is 6. The highest BCUT2D eigenvalue weighted by Crippen LogP contribution is 1.88. The first-order valence-corrected chi connectivity index (χ1v) is 3.78. The molecule has 4 heteroatoms. The molecule has 0 heterocycles. The minimum atomic E-state index is 0.697. The summed E-state index contributed by atoms with van der Waals surface area (Å²) >= 11 is 0. The summed E-state index contributed by atoms with van der Waals surface area (Å²) in [5.74, 6) is 0.805. The summed E-state index contributed by atoms with van der Waals surface area (Å²) in [6.07, 6.45) is 1.74. The molecule has 12 heavy (non-hydrogen) atoms. The van der Waals surface area contributed by atoms with Crippen LogP contribution in [0.4, 0.5) is 0 Å². The lowest BCUT2D eigenvalue weighted by Gasteiger charge is -2.27.